The van der Waals surface area contributed by atoms with Crippen LogP contribution in [0.2, 0.25) is 0 Å². The van der Waals surface area contributed by atoms with Crippen LogP contribution in [0.5, 0.6) is 0 Å². The Bertz CT molecular complexity index is 100. The third kappa shape index (κ3) is 3.71. The standard InChI is InChI=1S/C8H17NO.HI/c1-9-6-3-4-8(9)5-7-10-2;/h8H,3-7H2,1-2H3;1H. The van der Waals surface area contributed by atoms with E-state index in [1.807, 2.05) is 0 Å². The number of methoxy groups -OCH3 is 1. The number of likely N-dealkylation sites (tertiary alicyclic amines) is 1. The maximum Gasteiger partial charge on any atom is 0.0477 e. The highest BCUT2D eigenvalue weighted by Gasteiger charge is 2.19. The van der Waals surface area contributed by atoms with Crippen molar-refractivity contribution in [3.8, 4) is 0 Å². The van der Waals surface area contributed by atoms with E-state index in [0.29, 0.717) is 0 Å². The van der Waals surface area contributed by atoms with Gasteiger partial charge < -0.3 is 9.64 Å². The second kappa shape index (κ2) is 6.20. The van der Waals surface area contributed by atoms with Gasteiger partial charge in [-0.1, -0.05) is 0 Å². The Morgan fingerprint density at radius 3 is 2.73 bits per heavy atom. The first kappa shape index (κ1) is 11.6. The van der Waals surface area contributed by atoms with Crippen LogP contribution in [0.1, 0.15) is 19.3 Å². The Kier molecular flexibility index (Phi) is 6.56. The van der Waals surface area contributed by atoms with Crippen LogP contribution in [0.3, 0.4) is 0 Å². The molecular weight excluding hydrogens is 253 g/mol. The molecule has 0 bridgehead atoms. The molecule has 0 N–H and O–H groups in total. The summed E-state index contributed by atoms with van der Waals surface area (Å²) in [7, 11) is 3.97. The van der Waals surface area contributed by atoms with Gasteiger partial charge in [0.15, 0.2) is 0 Å². The van der Waals surface area contributed by atoms with Crippen LogP contribution in [0.25, 0.3) is 0 Å². The van der Waals surface area contributed by atoms with Gasteiger partial charge in [-0.15, -0.1) is 24.0 Å². The lowest BCUT2D eigenvalue weighted by atomic mass is 10.2. The maximum absolute atomic E-state index is 5.03. The molecule has 0 radical (unpaired) electrons. The Morgan fingerprint density at radius 1 is 1.55 bits per heavy atom. The lowest BCUT2D eigenvalue weighted by Crippen LogP contribution is -2.25. The fraction of sp³-hybridized carbons (Fsp3) is 1.00. The SMILES string of the molecule is COCCC1CCCN1C.I. The Hall–Kier alpha value is 0.650. The summed E-state index contributed by atoms with van der Waals surface area (Å²) >= 11 is 0. The number of ether oxygens (including phenoxy) is 1. The van der Waals surface area contributed by atoms with Crippen LogP contribution >= 0.6 is 24.0 Å². The highest BCUT2D eigenvalue weighted by atomic mass is 127. The Morgan fingerprint density at radius 2 is 2.27 bits per heavy atom. The smallest absolute Gasteiger partial charge is 0.0477 e. The topological polar surface area (TPSA) is 12.5 Å². The van der Waals surface area contributed by atoms with Crippen molar-refractivity contribution in [1.29, 1.82) is 0 Å². The summed E-state index contributed by atoms with van der Waals surface area (Å²) in [4.78, 5) is 2.43. The quantitative estimate of drug-likeness (QED) is 0.725. The first-order valence-electron chi connectivity index (χ1n) is 4.04. The molecule has 0 saturated carbocycles. The monoisotopic (exact) mass is 271 g/mol. The second-order valence-corrected chi connectivity index (χ2v) is 3.06. The van der Waals surface area contributed by atoms with Gasteiger partial charge in [-0.05, 0) is 32.9 Å². The van der Waals surface area contributed by atoms with E-state index in [4.69, 9.17) is 4.74 Å². The molecule has 1 atom stereocenters. The summed E-state index contributed by atoms with van der Waals surface area (Å²) in [5.74, 6) is 0. The van der Waals surface area contributed by atoms with Gasteiger partial charge in [0.25, 0.3) is 0 Å². The van der Waals surface area contributed by atoms with E-state index in [2.05, 4.69) is 11.9 Å². The summed E-state index contributed by atoms with van der Waals surface area (Å²) in [6.07, 6.45) is 3.93. The van der Waals surface area contributed by atoms with Gasteiger partial charge in [-0.25, -0.2) is 0 Å². The summed E-state index contributed by atoms with van der Waals surface area (Å²) in [6.45, 7) is 2.18. The largest absolute Gasteiger partial charge is 0.385 e. The molecule has 3 heteroatoms. The molecule has 0 amide bonds. The van der Waals surface area contributed by atoms with Crippen molar-refractivity contribution < 1.29 is 4.74 Å². The first-order valence-corrected chi connectivity index (χ1v) is 4.04. The van der Waals surface area contributed by atoms with Gasteiger partial charge in [-0.3, -0.25) is 0 Å². The molecule has 1 heterocycles. The number of nitrogens with zero attached hydrogens (tertiary/aromatic N) is 1. The molecule has 0 aliphatic carbocycles. The van der Waals surface area contributed by atoms with Gasteiger partial charge >= 0.3 is 0 Å². The van der Waals surface area contributed by atoms with Gasteiger partial charge in [0.1, 0.15) is 0 Å². The van der Waals surface area contributed by atoms with E-state index in [-0.39, 0.29) is 24.0 Å². The zero-order chi connectivity index (χ0) is 7.40. The predicted octanol–water partition coefficient (Wildman–Crippen LogP) is 1.74. The van der Waals surface area contributed by atoms with Crippen LogP contribution in [0, 0.1) is 0 Å². The van der Waals surface area contributed by atoms with Crippen molar-refractivity contribution in [1.82, 2.24) is 4.90 Å². The molecule has 0 spiro atoms. The zero-order valence-corrected chi connectivity index (χ0v) is 9.71. The van der Waals surface area contributed by atoms with Gasteiger partial charge in [0.05, 0.1) is 0 Å². The van der Waals surface area contributed by atoms with Crippen LogP contribution in [-0.2, 0) is 4.74 Å². The average Bonchev–Trinajstić information content (AvgIpc) is 2.31. The minimum atomic E-state index is 0. The van der Waals surface area contributed by atoms with E-state index < -0.39 is 0 Å². The van der Waals surface area contributed by atoms with Gasteiger partial charge in [-0.2, -0.15) is 0 Å². The Labute approximate surface area is 86.3 Å². The number of halogens is 1. The third-order valence-electron chi connectivity index (χ3n) is 2.33. The average molecular weight is 271 g/mol. The lowest BCUT2D eigenvalue weighted by Gasteiger charge is -2.18. The van der Waals surface area contributed by atoms with Crippen molar-refractivity contribution in [3.05, 3.63) is 0 Å². The fourth-order valence-electron chi connectivity index (χ4n) is 1.60. The number of hydrogen-bond acceptors (Lipinski definition) is 2. The molecule has 0 aromatic rings. The van der Waals surface area contributed by atoms with Crippen molar-refractivity contribution in [2.45, 2.75) is 25.3 Å². The molecule has 68 valence electrons. The molecule has 1 aliphatic heterocycles. The van der Waals surface area contributed by atoms with Crippen molar-refractivity contribution >= 4 is 24.0 Å². The van der Waals surface area contributed by atoms with Gasteiger partial charge in [0, 0.05) is 19.8 Å². The van der Waals surface area contributed by atoms with E-state index in [9.17, 15) is 0 Å². The second-order valence-electron chi connectivity index (χ2n) is 3.06. The molecule has 1 saturated heterocycles. The minimum absolute atomic E-state index is 0. The highest BCUT2D eigenvalue weighted by molar-refractivity contribution is 14.0. The minimum Gasteiger partial charge on any atom is -0.385 e. The number of hydrogen-bond donors (Lipinski definition) is 0. The molecule has 1 aliphatic rings. The van der Waals surface area contributed by atoms with Crippen LogP contribution in [-0.4, -0.2) is 38.3 Å². The molecule has 1 fully saturated rings. The zero-order valence-electron chi connectivity index (χ0n) is 7.38. The van der Waals surface area contributed by atoms with E-state index in [1.165, 1.54) is 25.8 Å². The summed E-state index contributed by atoms with van der Waals surface area (Å²) in [5, 5.41) is 0. The summed E-state index contributed by atoms with van der Waals surface area (Å²) in [5.41, 5.74) is 0. The van der Waals surface area contributed by atoms with E-state index in [1.54, 1.807) is 7.11 Å². The lowest BCUT2D eigenvalue weighted by molar-refractivity contribution is 0.163. The Balaban J connectivity index is 0.000001000. The molecular formula is C8H18INO. The van der Waals surface area contributed by atoms with Crippen LogP contribution < -0.4 is 0 Å². The van der Waals surface area contributed by atoms with Crippen molar-refractivity contribution in [3.63, 3.8) is 0 Å². The summed E-state index contributed by atoms with van der Waals surface area (Å²) in [6, 6.07) is 0.792. The third-order valence-corrected chi connectivity index (χ3v) is 2.33. The molecule has 0 aromatic carbocycles. The normalized spacial score (nSPS) is 25.1. The van der Waals surface area contributed by atoms with E-state index in [0.717, 1.165) is 12.6 Å². The van der Waals surface area contributed by atoms with Gasteiger partial charge in [0.2, 0.25) is 0 Å². The molecule has 0 aromatic heterocycles. The molecule has 1 rings (SSSR count). The molecule has 11 heavy (non-hydrogen) atoms. The fourth-order valence-corrected chi connectivity index (χ4v) is 1.60. The van der Waals surface area contributed by atoms with Crippen molar-refractivity contribution in [2.75, 3.05) is 27.3 Å². The first-order chi connectivity index (χ1) is 4.84. The summed E-state index contributed by atoms with van der Waals surface area (Å²) < 4.78 is 5.03. The molecule has 1 unspecified atom stereocenters. The highest BCUT2D eigenvalue weighted by Crippen LogP contribution is 2.17. The van der Waals surface area contributed by atoms with Crippen molar-refractivity contribution in [2.24, 2.45) is 0 Å². The predicted molar refractivity (Wildman–Crippen MR) is 57.6 cm³/mol. The number of rotatable bonds is 3. The van der Waals surface area contributed by atoms with Crippen LogP contribution in [0.15, 0.2) is 0 Å². The molecule has 2 nitrogen and oxygen atoms in total. The van der Waals surface area contributed by atoms with E-state index >= 15 is 0 Å². The van der Waals surface area contributed by atoms with Crippen LogP contribution in [0.4, 0.5) is 0 Å². The maximum atomic E-state index is 5.03.